The van der Waals surface area contributed by atoms with Crippen molar-refractivity contribution in [3.05, 3.63) is 29.3 Å². The molecule has 1 heterocycles. The van der Waals surface area contributed by atoms with E-state index in [1.807, 2.05) is 0 Å². The lowest BCUT2D eigenvalue weighted by molar-refractivity contribution is 0.278. The van der Waals surface area contributed by atoms with Crippen LogP contribution in [-0.4, -0.2) is 31.1 Å². The molecule has 0 bridgehead atoms. The first-order valence-electron chi connectivity index (χ1n) is 6.82. The number of likely N-dealkylation sites (N-methyl/N-ethyl adjacent to an activating group) is 1. The van der Waals surface area contributed by atoms with Gasteiger partial charge in [-0.15, -0.1) is 0 Å². The van der Waals surface area contributed by atoms with E-state index in [0.717, 1.165) is 19.6 Å². The van der Waals surface area contributed by atoms with Gasteiger partial charge in [0.1, 0.15) is 0 Å². The second kappa shape index (κ2) is 5.54. The Morgan fingerprint density at radius 2 is 2.06 bits per heavy atom. The molecule has 0 aromatic heterocycles. The molecule has 1 unspecified atom stereocenters. The van der Waals surface area contributed by atoms with E-state index in [-0.39, 0.29) is 0 Å². The Labute approximate surface area is 105 Å². The number of anilines is 1. The highest BCUT2D eigenvalue weighted by molar-refractivity contribution is 5.60. The number of nitrogens with one attached hydrogen (secondary N) is 1. The molecule has 0 fully saturated rings. The van der Waals surface area contributed by atoms with Crippen molar-refractivity contribution in [2.24, 2.45) is 0 Å². The van der Waals surface area contributed by atoms with Crippen LogP contribution >= 0.6 is 0 Å². The SMILES string of the molecule is CCN(CC)CC1CCNc2c(C)cccc21. The Morgan fingerprint density at radius 1 is 1.29 bits per heavy atom. The summed E-state index contributed by atoms with van der Waals surface area (Å²) in [5.74, 6) is 0.700. The van der Waals surface area contributed by atoms with Gasteiger partial charge in [0.25, 0.3) is 0 Å². The van der Waals surface area contributed by atoms with E-state index < -0.39 is 0 Å². The first-order chi connectivity index (χ1) is 8.26. The predicted octanol–water partition coefficient (Wildman–Crippen LogP) is 3.24. The molecular weight excluding hydrogens is 208 g/mol. The summed E-state index contributed by atoms with van der Waals surface area (Å²) in [5.41, 5.74) is 4.28. The van der Waals surface area contributed by atoms with Crippen molar-refractivity contribution in [1.29, 1.82) is 0 Å². The van der Waals surface area contributed by atoms with Gasteiger partial charge < -0.3 is 10.2 Å². The van der Waals surface area contributed by atoms with Crippen molar-refractivity contribution in [1.82, 2.24) is 4.90 Å². The number of rotatable bonds is 4. The van der Waals surface area contributed by atoms with E-state index in [0.29, 0.717) is 5.92 Å². The summed E-state index contributed by atoms with van der Waals surface area (Å²) >= 11 is 0. The van der Waals surface area contributed by atoms with Crippen LogP contribution in [0.15, 0.2) is 18.2 Å². The number of hydrogen-bond acceptors (Lipinski definition) is 2. The van der Waals surface area contributed by atoms with Crippen molar-refractivity contribution >= 4 is 5.69 Å². The molecule has 0 spiro atoms. The summed E-state index contributed by atoms with van der Waals surface area (Å²) in [6.07, 6.45) is 1.26. The minimum atomic E-state index is 0.700. The smallest absolute Gasteiger partial charge is 0.0405 e. The van der Waals surface area contributed by atoms with Crippen LogP contribution in [0.1, 0.15) is 37.3 Å². The molecule has 1 aromatic rings. The Morgan fingerprint density at radius 3 is 2.76 bits per heavy atom. The fourth-order valence-corrected chi connectivity index (χ4v) is 2.78. The van der Waals surface area contributed by atoms with Gasteiger partial charge in [-0.2, -0.15) is 0 Å². The number of fused-ring (bicyclic) bond motifs is 1. The molecule has 1 aromatic carbocycles. The molecule has 1 aliphatic rings. The minimum absolute atomic E-state index is 0.700. The third-order valence-electron chi connectivity index (χ3n) is 3.91. The fourth-order valence-electron chi connectivity index (χ4n) is 2.78. The number of nitrogens with zero attached hydrogens (tertiary/aromatic N) is 1. The largest absolute Gasteiger partial charge is 0.385 e. The summed E-state index contributed by atoms with van der Waals surface area (Å²) < 4.78 is 0. The summed E-state index contributed by atoms with van der Waals surface area (Å²) in [6, 6.07) is 6.69. The topological polar surface area (TPSA) is 15.3 Å². The van der Waals surface area contributed by atoms with Gasteiger partial charge >= 0.3 is 0 Å². The zero-order valence-corrected chi connectivity index (χ0v) is 11.3. The second-order valence-electron chi connectivity index (χ2n) is 4.94. The molecule has 2 heteroatoms. The van der Waals surface area contributed by atoms with Crippen LogP contribution < -0.4 is 5.32 Å². The fraction of sp³-hybridized carbons (Fsp3) is 0.600. The van der Waals surface area contributed by atoms with Gasteiger partial charge in [0.15, 0.2) is 0 Å². The average molecular weight is 232 g/mol. The molecule has 2 rings (SSSR count). The van der Waals surface area contributed by atoms with Gasteiger partial charge in [-0.1, -0.05) is 32.0 Å². The molecule has 0 saturated heterocycles. The number of hydrogen-bond donors (Lipinski definition) is 1. The maximum Gasteiger partial charge on any atom is 0.0405 e. The van der Waals surface area contributed by atoms with E-state index in [4.69, 9.17) is 0 Å². The molecule has 2 nitrogen and oxygen atoms in total. The molecule has 94 valence electrons. The lowest BCUT2D eigenvalue weighted by Crippen LogP contribution is -2.31. The first kappa shape index (κ1) is 12.4. The third-order valence-corrected chi connectivity index (χ3v) is 3.91. The average Bonchev–Trinajstić information content (AvgIpc) is 2.37. The molecular formula is C15H24N2. The molecule has 1 N–H and O–H groups in total. The van der Waals surface area contributed by atoms with Crippen LogP contribution in [0.2, 0.25) is 0 Å². The van der Waals surface area contributed by atoms with Crippen molar-refractivity contribution in [3.8, 4) is 0 Å². The molecule has 1 atom stereocenters. The zero-order valence-electron chi connectivity index (χ0n) is 11.3. The normalized spacial score (nSPS) is 18.9. The summed E-state index contributed by atoms with van der Waals surface area (Å²) in [5, 5.41) is 3.55. The van der Waals surface area contributed by atoms with E-state index >= 15 is 0 Å². The standard InChI is InChI=1S/C15H24N2/c1-4-17(5-2)11-13-9-10-16-15-12(3)7-6-8-14(13)15/h6-8,13,16H,4-5,9-11H2,1-3H3. The van der Waals surface area contributed by atoms with Crippen molar-refractivity contribution in [3.63, 3.8) is 0 Å². The van der Waals surface area contributed by atoms with Gasteiger partial charge in [-0.3, -0.25) is 0 Å². The third kappa shape index (κ3) is 2.63. The van der Waals surface area contributed by atoms with E-state index in [1.54, 1.807) is 0 Å². The lowest BCUT2D eigenvalue weighted by atomic mass is 9.89. The molecule has 0 saturated carbocycles. The zero-order chi connectivity index (χ0) is 12.3. The van der Waals surface area contributed by atoms with Gasteiger partial charge in [-0.25, -0.2) is 0 Å². The quantitative estimate of drug-likeness (QED) is 0.857. The Hall–Kier alpha value is -1.02. The summed E-state index contributed by atoms with van der Waals surface area (Å²) in [6.45, 7) is 11.3. The van der Waals surface area contributed by atoms with Crippen LogP contribution in [-0.2, 0) is 0 Å². The van der Waals surface area contributed by atoms with Crippen LogP contribution in [0.5, 0.6) is 0 Å². The molecule has 0 radical (unpaired) electrons. The van der Waals surface area contributed by atoms with Crippen molar-refractivity contribution in [2.75, 3.05) is 31.5 Å². The predicted molar refractivity (Wildman–Crippen MR) is 74.8 cm³/mol. The highest BCUT2D eigenvalue weighted by Gasteiger charge is 2.22. The Kier molecular flexibility index (Phi) is 4.06. The van der Waals surface area contributed by atoms with Gasteiger partial charge in [0.05, 0.1) is 0 Å². The van der Waals surface area contributed by atoms with Crippen molar-refractivity contribution < 1.29 is 0 Å². The van der Waals surface area contributed by atoms with Crippen LogP contribution in [0.3, 0.4) is 0 Å². The first-order valence-corrected chi connectivity index (χ1v) is 6.82. The van der Waals surface area contributed by atoms with Crippen LogP contribution in [0, 0.1) is 6.92 Å². The molecule has 1 aliphatic heterocycles. The van der Waals surface area contributed by atoms with E-state index in [2.05, 4.69) is 49.2 Å². The monoisotopic (exact) mass is 232 g/mol. The Balaban J connectivity index is 2.20. The second-order valence-corrected chi connectivity index (χ2v) is 4.94. The number of para-hydroxylation sites is 1. The highest BCUT2D eigenvalue weighted by atomic mass is 15.1. The van der Waals surface area contributed by atoms with Crippen molar-refractivity contribution in [2.45, 2.75) is 33.1 Å². The van der Waals surface area contributed by atoms with Crippen LogP contribution in [0.4, 0.5) is 5.69 Å². The number of aryl methyl sites for hydroxylation is 1. The van der Waals surface area contributed by atoms with Gasteiger partial charge in [0.2, 0.25) is 0 Å². The maximum absolute atomic E-state index is 3.55. The number of benzene rings is 1. The molecule has 0 aliphatic carbocycles. The lowest BCUT2D eigenvalue weighted by Gasteiger charge is -2.31. The van der Waals surface area contributed by atoms with Gasteiger partial charge in [-0.05, 0) is 37.6 Å². The Bertz CT molecular complexity index is 369. The van der Waals surface area contributed by atoms with E-state index in [1.165, 1.54) is 29.8 Å². The van der Waals surface area contributed by atoms with E-state index in [9.17, 15) is 0 Å². The van der Waals surface area contributed by atoms with Gasteiger partial charge in [0, 0.05) is 24.7 Å². The van der Waals surface area contributed by atoms with Crippen LogP contribution in [0.25, 0.3) is 0 Å². The minimum Gasteiger partial charge on any atom is -0.385 e. The summed E-state index contributed by atoms with van der Waals surface area (Å²) in [4.78, 5) is 2.53. The molecule has 17 heavy (non-hydrogen) atoms. The maximum atomic E-state index is 3.55. The highest BCUT2D eigenvalue weighted by Crippen LogP contribution is 2.34. The molecule has 0 amide bonds. The summed E-state index contributed by atoms with van der Waals surface area (Å²) in [7, 11) is 0.